The van der Waals surface area contributed by atoms with Crippen molar-refractivity contribution in [2.45, 2.75) is 97.6 Å². The zero-order chi connectivity index (χ0) is 20.1. The van der Waals surface area contributed by atoms with Gasteiger partial charge in [-0.05, 0) is 53.0 Å². The number of nitrogens with two attached hydrogens (primary N) is 1. The van der Waals surface area contributed by atoms with E-state index >= 15 is 0 Å². The van der Waals surface area contributed by atoms with Gasteiger partial charge in [0.2, 0.25) is 5.91 Å². The van der Waals surface area contributed by atoms with E-state index < -0.39 is 17.7 Å². The standard InChI is InChI=1S/C20H36N2O4/c1-8-15(9-2)26-17-12-14(19(24)25-10-3)11-16(21)18(17)22(13(4)23)20(5,6)7/h12,15-18H,8-11,21H2,1-7H3/t16-,17+,18+/m0/s1. The van der Waals surface area contributed by atoms with Crippen LogP contribution < -0.4 is 5.73 Å². The third kappa shape index (κ3) is 5.55. The van der Waals surface area contributed by atoms with Crippen molar-refractivity contribution in [3.8, 4) is 0 Å². The molecule has 0 aromatic carbocycles. The first kappa shape index (κ1) is 22.6. The summed E-state index contributed by atoms with van der Waals surface area (Å²) in [6.45, 7) is 13.7. The van der Waals surface area contributed by atoms with Crippen LogP contribution in [0.25, 0.3) is 0 Å². The third-order valence-corrected chi connectivity index (χ3v) is 4.75. The van der Waals surface area contributed by atoms with Gasteiger partial charge in [-0.1, -0.05) is 13.8 Å². The second-order valence-electron chi connectivity index (χ2n) is 7.87. The van der Waals surface area contributed by atoms with Crippen LogP contribution >= 0.6 is 0 Å². The molecule has 0 bridgehead atoms. The van der Waals surface area contributed by atoms with E-state index in [0.717, 1.165) is 12.8 Å². The molecule has 6 heteroatoms. The molecule has 0 spiro atoms. The summed E-state index contributed by atoms with van der Waals surface area (Å²) >= 11 is 0. The van der Waals surface area contributed by atoms with E-state index in [1.807, 2.05) is 26.8 Å². The summed E-state index contributed by atoms with van der Waals surface area (Å²) in [6.07, 6.45) is 3.49. The van der Waals surface area contributed by atoms with Crippen LogP contribution in [0.15, 0.2) is 11.6 Å². The smallest absolute Gasteiger partial charge is 0.333 e. The normalized spacial score (nSPS) is 23.6. The number of nitrogens with zero attached hydrogens (tertiary/aromatic N) is 1. The molecule has 26 heavy (non-hydrogen) atoms. The van der Waals surface area contributed by atoms with Crippen LogP contribution in [-0.4, -0.2) is 53.2 Å². The van der Waals surface area contributed by atoms with Crippen molar-refractivity contribution in [2.24, 2.45) is 5.73 Å². The molecule has 0 saturated carbocycles. The lowest BCUT2D eigenvalue weighted by Crippen LogP contribution is -2.63. The SMILES string of the molecule is CCOC(=O)C1=C[C@@H](OC(CC)CC)[C@H](N(C(C)=O)C(C)(C)C)[C@@H](N)C1. The van der Waals surface area contributed by atoms with Crippen molar-refractivity contribution in [1.29, 1.82) is 0 Å². The lowest BCUT2D eigenvalue weighted by atomic mass is 9.85. The van der Waals surface area contributed by atoms with Crippen molar-refractivity contribution in [1.82, 2.24) is 4.90 Å². The largest absolute Gasteiger partial charge is 0.463 e. The molecule has 0 heterocycles. The van der Waals surface area contributed by atoms with Crippen molar-refractivity contribution < 1.29 is 19.1 Å². The molecule has 0 fully saturated rings. The highest BCUT2D eigenvalue weighted by atomic mass is 16.5. The Morgan fingerprint density at radius 3 is 2.27 bits per heavy atom. The zero-order valence-electron chi connectivity index (χ0n) is 17.4. The van der Waals surface area contributed by atoms with Crippen LogP contribution in [0.1, 0.15) is 67.7 Å². The number of carbonyl (C=O) groups is 2. The first-order valence-corrected chi connectivity index (χ1v) is 9.65. The van der Waals surface area contributed by atoms with Gasteiger partial charge in [-0.15, -0.1) is 0 Å². The number of ether oxygens (including phenoxy) is 2. The van der Waals surface area contributed by atoms with E-state index in [-0.39, 0.29) is 24.0 Å². The summed E-state index contributed by atoms with van der Waals surface area (Å²) in [5.74, 6) is -0.409. The van der Waals surface area contributed by atoms with Gasteiger partial charge < -0.3 is 20.1 Å². The zero-order valence-corrected chi connectivity index (χ0v) is 17.4. The molecule has 150 valence electrons. The average molecular weight is 369 g/mol. The Labute approximate surface area is 158 Å². The monoisotopic (exact) mass is 368 g/mol. The Kier molecular flexibility index (Phi) is 8.28. The molecule has 2 N–H and O–H groups in total. The highest BCUT2D eigenvalue weighted by Crippen LogP contribution is 2.31. The van der Waals surface area contributed by atoms with E-state index in [4.69, 9.17) is 15.2 Å². The van der Waals surface area contributed by atoms with Crippen molar-refractivity contribution in [2.75, 3.05) is 6.61 Å². The van der Waals surface area contributed by atoms with Gasteiger partial charge in [0, 0.05) is 24.1 Å². The third-order valence-electron chi connectivity index (χ3n) is 4.75. The lowest BCUT2D eigenvalue weighted by Gasteiger charge is -2.48. The van der Waals surface area contributed by atoms with Crippen LogP contribution in [-0.2, 0) is 19.1 Å². The maximum atomic E-state index is 12.4. The Morgan fingerprint density at radius 2 is 1.85 bits per heavy atom. The quantitative estimate of drug-likeness (QED) is 0.699. The molecule has 0 saturated heterocycles. The minimum atomic E-state index is -0.439. The van der Waals surface area contributed by atoms with Crippen molar-refractivity contribution in [3.05, 3.63) is 11.6 Å². The molecule has 0 aromatic heterocycles. The fraction of sp³-hybridized carbons (Fsp3) is 0.800. The predicted octanol–water partition coefficient (Wildman–Crippen LogP) is 2.80. The predicted molar refractivity (Wildman–Crippen MR) is 103 cm³/mol. The Morgan fingerprint density at radius 1 is 1.27 bits per heavy atom. The molecule has 0 aliphatic heterocycles. The number of hydrogen-bond acceptors (Lipinski definition) is 5. The Bertz CT molecular complexity index is 520. The second kappa shape index (κ2) is 9.51. The summed E-state index contributed by atoms with van der Waals surface area (Å²) in [7, 11) is 0. The number of esters is 1. The molecular weight excluding hydrogens is 332 g/mol. The van der Waals surface area contributed by atoms with Crippen LogP contribution in [0.5, 0.6) is 0 Å². The molecular formula is C20H36N2O4. The van der Waals surface area contributed by atoms with Gasteiger partial charge in [-0.3, -0.25) is 4.79 Å². The van der Waals surface area contributed by atoms with E-state index in [1.54, 1.807) is 18.7 Å². The Hall–Kier alpha value is -1.40. The summed E-state index contributed by atoms with van der Waals surface area (Å²) < 4.78 is 11.4. The molecule has 6 nitrogen and oxygen atoms in total. The highest BCUT2D eigenvalue weighted by molar-refractivity contribution is 5.89. The minimum Gasteiger partial charge on any atom is -0.463 e. The second-order valence-corrected chi connectivity index (χ2v) is 7.87. The van der Waals surface area contributed by atoms with E-state index in [1.165, 1.54) is 0 Å². The molecule has 3 atom stereocenters. The molecule has 1 amide bonds. The van der Waals surface area contributed by atoms with Crippen LogP contribution in [0, 0.1) is 0 Å². The number of amides is 1. The number of carbonyl (C=O) groups excluding carboxylic acids is 2. The lowest BCUT2D eigenvalue weighted by molar-refractivity contribution is -0.145. The number of rotatable bonds is 7. The molecule has 0 aromatic rings. The van der Waals surface area contributed by atoms with Gasteiger partial charge in [0.25, 0.3) is 0 Å². The van der Waals surface area contributed by atoms with Crippen molar-refractivity contribution in [3.63, 3.8) is 0 Å². The van der Waals surface area contributed by atoms with Crippen LogP contribution in [0.4, 0.5) is 0 Å². The van der Waals surface area contributed by atoms with Crippen molar-refractivity contribution >= 4 is 11.9 Å². The van der Waals surface area contributed by atoms with E-state index in [9.17, 15) is 9.59 Å². The van der Waals surface area contributed by atoms with Gasteiger partial charge in [0.15, 0.2) is 0 Å². The van der Waals surface area contributed by atoms with E-state index in [2.05, 4.69) is 13.8 Å². The maximum Gasteiger partial charge on any atom is 0.333 e. The average Bonchev–Trinajstić information content (AvgIpc) is 2.53. The molecule has 1 rings (SSSR count). The van der Waals surface area contributed by atoms with Gasteiger partial charge in [0.1, 0.15) is 0 Å². The minimum absolute atomic E-state index is 0.0428. The summed E-state index contributed by atoms with van der Waals surface area (Å²) in [5.41, 5.74) is 6.59. The fourth-order valence-corrected chi connectivity index (χ4v) is 3.65. The van der Waals surface area contributed by atoms with E-state index in [0.29, 0.717) is 18.6 Å². The maximum absolute atomic E-state index is 12.4. The molecule has 0 unspecified atom stereocenters. The van der Waals surface area contributed by atoms with Gasteiger partial charge in [0.05, 0.1) is 24.9 Å². The fourth-order valence-electron chi connectivity index (χ4n) is 3.65. The summed E-state index contributed by atoms with van der Waals surface area (Å²) in [4.78, 5) is 26.5. The topological polar surface area (TPSA) is 81.9 Å². The Balaban J connectivity index is 3.32. The van der Waals surface area contributed by atoms with Gasteiger partial charge >= 0.3 is 5.97 Å². The van der Waals surface area contributed by atoms with Gasteiger partial charge in [-0.2, -0.15) is 0 Å². The highest BCUT2D eigenvalue weighted by Gasteiger charge is 2.43. The number of hydrogen-bond donors (Lipinski definition) is 1. The summed E-state index contributed by atoms with van der Waals surface area (Å²) in [6, 6.07) is -0.729. The molecule has 1 aliphatic carbocycles. The van der Waals surface area contributed by atoms with Crippen LogP contribution in [0.3, 0.4) is 0 Å². The first-order chi connectivity index (χ1) is 12.1. The van der Waals surface area contributed by atoms with Crippen LogP contribution in [0.2, 0.25) is 0 Å². The molecule has 1 aliphatic rings. The molecule has 0 radical (unpaired) electrons. The first-order valence-electron chi connectivity index (χ1n) is 9.65. The summed E-state index contributed by atoms with van der Waals surface area (Å²) in [5, 5.41) is 0. The van der Waals surface area contributed by atoms with Gasteiger partial charge in [-0.25, -0.2) is 4.79 Å².